The van der Waals surface area contributed by atoms with E-state index in [2.05, 4.69) is 16.0 Å². The van der Waals surface area contributed by atoms with Gasteiger partial charge < -0.3 is 43.4 Å². The molecule has 0 aliphatic carbocycles. The van der Waals surface area contributed by atoms with Crippen molar-refractivity contribution in [2.75, 3.05) is 18.6 Å². The molecule has 13 nitrogen and oxygen atoms in total. The van der Waals surface area contributed by atoms with Crippen molar-refractivity contribution in [2.45, 2.75) is 75.7 Å². The van der Waals surface area contributed by atoms with Gasteiger partial charge in [0.1, 0.15) is 18.1 Å². The number of carbonyl (C=O) groups excluding carboxylic acids is 4. The molecule has 0 aromatic heterocycles. The van der Waals surface area contributed by atoms with Crippen LogP contribution >= 0.6 is 11.8 Å². The quantitative estimate of drug-likeness (QED) is 0.0900. The number of unbranched alkanes of at least 4 members (excludes halogenated alkanes) is 1. The lowest BCUT2D eigenvalue weighted by Crippen LogP contribution is -2.59. The summed E-state index contributed by atoms with van der Waals surface area (Å²) in [5.74, 6) is -3.70. The zero-order valence-electron chi connectivity index (χ0n) is 19.6. The molecule has 0 aliphatic heterocycles. The van der Waals surface area contributed by atoms with Gasteiger partial charge in [0.05, 0.1) is 12.1 Å². The van der Waals surface area contributed by atoms with Crippen molar-refractivity contribution >= 4 is 41.4 Å². The van der Waals surface area contributed by atoms with Gasteiger partial charge in [0.2, 0.25) is 23.6 Å². The first-order valence-electron chi connectivity index (χ1n) is 11.0. The predicted octanol–water partition coefficient (Wildman–Crippen LogP) is -2.62. The molecule has 0 aromatic rings. The number of carbonyl (C=O) groups is 5. The maximum Gasteiger partial charge on any atom is 0.326 e. The number of thioether (sulfide) groups is 1. The van der Waals surface area contributed by atoms with Crippen LogP contribution in [0.5, 0.6) is 0 Å². The fourth-order valence-electron chi connectivity index (χ4n) is 2.88. The summed E-state index contributed by atoms with van der Waals surface area (Å²) in [7, 11) is 0. The van der Waals surface area contributed by atoms with E-state index in [1.54, 1.807) is 6.26 Å². The standard InChI is InChI=1S/C20H38N6O7S/c1-11(27)16(19(31)25-14(20(32)33)8-10-34-2)26-18(30)13(5-3-4-9-21)24-17(29)12(22)6-7-15(23)28/h11-14,16,27H,3-10,21-22H2,1-2H3,(H2,23,28)(H,24,29)(H,25,31)(H,26,30)(H,32,33). The van der Waals surface area contributed by atoms with Crippen LogP contribution < -0.4 is 33.2 Å². The Morgan fingerprint density at radius 2 is 1.53 bits per heavy atom. The molecule has 0 aromatic carbocycles. The number of hydrogen-bond acceptors (Lipinski definition) is 9. The Balaban J connectivity index is 5.37. The Morgan fingerprint density at radius 1 is 0.912 bits per heavy atom. The van der Waals surface area contributed by atoms with Crippen LogP contribution in [0.3, 0.4) is 0 Å². The maximum atomic E-state index is 12.9. The van der Waals surface area contributed by atoms with E-state index < -0.39 is 59.9 Å². The van der Waals surface area contributed by atoms with Crippen LogP contribution in [0.15, 0.2) is 0 Å². The molecule has 34 heavy (non-hydrogen) atoms. The molecule has 0 saturated heterocycles. The number of nitrogens with two attached hydrogens (primary N) is 3. The highest BCUT2D eigenvalue weighted by molar-refractivity contribution is 7.98. The summed E-state index contributed by atoms with van der Waals surface area (Å²) >= 11 is 1.41. The van der Waals surface area contributed by atoms with Crippen molar-refractivity contribution in [1.29, 1.82) is 0 Å². The van der Waals surface area contributed by atoms with E-state index in [1.165, 1.54) is 18.7 Å². The number of aliphatic carboxylic acids is 1. The molecule has 0 bridgehead atoms. The third kappa shape index (κ3) is 12.7. The minimum Gasteiger partial charge on any atom is -0.480 e. The highest BCUT2D eigenvalue weighted by Gasteiger charge is 2.32. The number of primary amides is 1. The van der Waals surface area contributed by atoms with Gasteiger partial charge in [-0.15, -0.1) is 0 Å². The lowest BCUT2D eigenvalue weighted by Gasteiger charge is -2.26. The van der Waals surface area contributed by atoms with E-state index in [1.807, 2.05) is 0 Å². The second-order valence-corrected chi connectivity index (χ2v) is 8.85. The van der Waals surface area contributed by atoms with Crippen LogP contribution in [-0.2, 0) is 24.0 Å². The number of nitrogens with one attached hydrogen (secondary N) is 3. The summed E-state index contributed by atoms with van der Waals surface area (Å²) in [5, 5.41) is 26.6. The second kappa shape index (κ2) is 17.1. The van der Waals surface area contributed by atoms with Crippen molar-refractivity contribution < 1.29 is 34.2 Å². The molecule has 196 valence electrons. The van der Waals surface area contributed by atoms with Gasteiger partial charge in [0.25, 0.3) is 0 Å². The van der Waals surface area contributed by atoms with Crippen molar-refractivity contribution in [3.8, 4) is 0 Å². The maximum absolute atomic E-state index is 12.9. The molecule has 0 fully saturated rings. The minimum absolute atomic E-state index is 0.0103. The molecule has 14 heteroatoms. The largest absolute Gasteiger partial charge is 0.480 e. The van der Waals surface area contributed by atoms with Crippen molar-refractivity contribution in [2.24, 2.45) is 17.2 Å². The molecule has 0 heterocycles. The highest BCUT2D eigenvalue weighted by Crippen LogP contribution is 2.06. The Bertz CT molecular complexity index is 694. The Labute approximate surface area is 203 Å². The normalized spacial score (nSPS) is 15.3. The predicted molar refractivity (Wildman–Crippen MR) is 127 cm³/mol. The lowest BCUT2D eigenvalue weighted by atomic mass is 10.0. The topological polar surface area (TPSA) is 240 Å². The first-order valence-corrected chi connectivity index (χ1v) is 12.4. The third-order valence-corrected chi connectivity index (χ3v) is 5.55. The Morgan fingerprint density at radius 3 is 2.03 bits per heavy atom. The van der Waals surface area contributed by atoms with Gasteiger partial charge in [-0.3, -0.25) is 19.2 Å². The first kappa shape index (κ1) is 31.6. The van der Waals surface area contributed by atoms with Crippen molar-refractivity contribution in [3.63, 3.8) is 0 Å². The molecular weight excluding hydrogens is 468 g/mol. The number of aliphatic hydroxyl groups is 1. The van der Waals surface area contributed by atoms with E-state index in [-0.39, 0.29) is 25.7 Å². The van der Waals surface area contributed by atoms with E-state index >= 15 is 0 Å². The molecule has 0 saturated carbocycles. The van der Waals surface area contributed by atoms with E-state index in [0.29, 0.717) is 25.1 Å². The summed E-state index contributed by atoms with van der Waals surface area (Å²) in [5.41, 5.74) is 16.3. The number of carboxylic acid groups (broad SMARTS) is 1. The van der Waals surface area contributed by atoms with Crippen LogP contribution in [0, 0.1) is 0 Å². The summed E-state index contributed by atoms with van der Waals surface area (Å²) in [6, 6.07) is -4.83. The molecule has 0 aliphatic rings. The third-order valence-electron chi connectivity index (χ3n) is 4.91. The number of amides is 4. The molecule has 4 amide bonds. The summed E-state index contributed by atoms with van der Waals surface area (Å²) in [6.45, 7) is 1.63. The van der Waals surface area contributed by atoms with Crippen molar-refractivity contribution in [1.82, 2.24) is 16.0 Å². The average molecular weight is 507 g/mol. The van der Waals surface area contributed by atoms with Gasteiger partial charge in [0, 0.05) is 6.42 Å². The van der Waals surface area contributed by atoms with E-state index in [9.17, 15) is 34.2 Å². The second-order valence-electron chi connectivity index (χ2n) is 7.86. The molecule has 5 unspecified atom stereocenters. The summed E-state index contributed by atoms with van der Waals surface area (Å²) in [4.78, 5) is 60.3. The average Bonchev–Trinajstić information content (AvgIpc) is 2.76. The van der Waals surface area contributed by atoms with Crippen LogP contribution in [-0.4, -0.2) is 88.6 Å². The molecular formula is C20H38N6O7S. The number of hydrogen-bond donors (Lipinski definition) is 8. The highest BCUT2D eigenvalue weighted by atomic mass is 32.2. The molecule has 0 spiro atoms. The summed E-state index contributed by atoms with van der Waals surface area (Å²) < 4.78 is 0. The molecule has 0 rings (SSSR count). The van der Waals surface area contributed by atoms with E-state index in [4.69, 9.17) is 17.2 Å². The number of aliphatic hydroxyl groups excluding tert-OH is 1. The van der Waals surface area contributed by atoms with Crippen molar-refractivity contribution in [3.05, 3.63) is 0 Å². The summed E-state index contributed by atoms with van der Waals surface area (Å²) in [6.07, 6.45) is 1.71. The SMILES string of the molecule is CSCCC(NC(=O)C(NC(=O)C(CCCCN)NC(=O)C(N)CCC(N)=O)C(C)O)C(=O)O. The first-order chi connectivity index (χ1) is 15.9. The minimum atomic E-state index is -1.46. The number of carboxylic acids is 1. The fraction of sp³-hybridized carbons (Fsp3) is 0.750. The van der Waals surface area contributed by atoms with Gasteiger partial charge >= 0.3 is 5.97 Å². The van der Waals surface area contributed by atoms with Crippen LogP contribution in [0.4, 0.5) is 0 Å². The van der Waals surface area contributed by atoms with Gasteiger partial charge in [-0.1, -0.05) is 0 Å². The van der Waals surface area contributed by atoms with Gasteiger partial charge in [-0.05, 0) is 57.6 Å². The zero-order valence-corrected chi connectivity index (χ0v) is 20.4. The number of rotatable bonds is 18. The van der Waals surface area contributed by atoms with Gasteiger partial charge in [-0.2, -0.15) is 11.8 Å². The molecule has 5 atom stereocenters. The Kier molecular flexibility index (Phi) is 15.9. The van der Waals surface area contributed by atoms with Crippen LogP contribution in [0.25, 0.3) is 0 Å². The fourth-order valence-corrected chi connectivity index (χ4v) is 3.35. The monoisotopic (exact) mass is 506 g/mol. The van der Waals surface area contributed by atoms with Gasteiger partial charge in [0.15, 0.2) is 0 Å². The molecule has 0 radical (unpaired) electrons. The van der Waals surface area contributed by atoms with Crippen LogP contribution in [0.1, 0.15) is 45.4 Å². The van der Waals surface area contributed by atoms with Gasteiger partial charge in [-0.25, -0.2) is 4.79 Å². The Hall–Kier alpha value is -2.42. The lowest BCUT2D eigenvalue weighted by molar-refractivity contribution is -0.143. The smallest absolute Gasteiger partial charge is 0.326 e. The zero-order chi connectivity index (χ0) is 26.3. The van der Waals surface area contributed by atoms with Crippen LogP contribution in [0.2, 0.25) is 0 Å². The molecule has 11 N–H and O–H groups in total. The van der Waals surface area contributed by atoms with E-state index in [0.717, 1.165) is 0 Å².